The highest BCUT2D eigenvalue weighted by molar-refractivity contribution is 6.23. The minimum atomic E-state index is -0.968. The van der Waals surface area contributed by atoms with Gasteiger partial charge >= 0.3 is 5.97 Å². The molecule has 0 fully saturated rings. The van der Waals surface area contributed by atoms with Crippen molar-refractivity contribution in [1.29, 1.82) is 0 Å². The zero-order valence-electron chi connectivity index (χ0n) is 9.97. The minimum Gasteiger partial charge on any atom is -0.489 e. The third kappa shape index (κ3) is 2.06. The lowest BCUT2D eigenvalue weighted by atomic mass is 9.99. The second kappa shape index (κ2) is 4.59. The predicted octanol–water partition coefficient (Wildman–Crippen LogP) is 3.61. The second-order valence-electron chi connectivity index (χ2n) is 4.41. The van der Waals surface area contributed by atoms with Gasteiger partial charge in [0.1, 0.15) is 12.4 Å². The Morgan fingerprint density at radius 2 is 2.00 bits per heavy atom. The van der Waals surface area contributed by atoms with Gasteiger partial charge in [0.05, 0.1) is 10.9 Å². The van der Waals surface area contributed by atoms with Crippen molar-refractivity contribution in [2.24, 2.45) is 0 Å². The average molecular weight is 275 g/mol. The van der Waals surface area contributed by atoms with Crippen LogP contribution >= 0.6 is 11.6 Å². The maximum Gasteiger partial charge on any atom is 0.335 e. The molecule has 1 atom stereocenters. The van der Waals surface area contributed by atoms with Crippen LogP contribution in [0.1, 0.15) is 32.4 Å². The molecular weight excluding hydrogens is 264 g/mol. The number of ether oxygens (including phenoxy) is 1. The van der Waals surface area contributed by atoms with Gasteiger partial charge in [-0.2, -0.15) is 0 Å². The quantitative estimate of drug-likeness (QED) is 0.808. The fourth-order valence-corrected chi connectivity index (χ4v) is 2.63. The lowest BCUT2D eigenvalue weighted by molar-refractivity contribution is 0.0696. The molecule has 96 valence electrons. The van der Waals surface area contributed by atoms with Crippen molar-refractivity contribution in [2.45, 2.75) is 12.0 Å². The standard InChI is InChI=1S/C15H11ClO3/c16-14-11-4-2-1-3-10(11)8-19-13-6-5-9(15(17)18)7-12(13)14/h1-7,14H,8H2,(H,17,18). The molecule has 4 heteroatoms. The van der Waals surface area contributed by atoms with Crippen LogP contribution in [0.5, 0.6) is 5.75 Å². The summed E-state index contributed by atoms with van der Waals surface area (Å²) in [7, 11) is 0. The maximum atomic E-state index is 11.0. The molecule has 1 N–H and O–H groups in total. The molecule has 1 heterocycles. The third-order valence-electron chi connectivity index (χ3n) is 3.24. The van der Waals surface area contributed by atoms with Crippen molar-refractivity contribution in [3.63, 3.8) is 0 Å². The van der Waals surface area contributed by atoms with E-state index in [1.807, 2.05) is 24.3 Å². The molecule has 0 bridgehead atoms. The number of carboxylic acid groups (broad SMARTS) is 1. The van der Waals surface area contributed by atoms with E-state index in [-0.39, 0.29) is 5.56 Å². The summed E-state index contributed by atoms with van der Waals surface area (Å²) < 4.78 is 5.70. The molecule has 0 aliphatic carbocycles. The molecule has 3 nitrogen and oxygen atoms in total. The molecule has 0 amide bonds. The lowest BCUT2D eigenvalue weighted by Crippen LogP contribution is -2.00. The van der Waals surface area contributed by atoms with Crippen LogP contribution in [-0.2, 0) is 6.61 Å². The monoisotopic (exact) mass is 274 g/mol. The van der Waals surface area contributed by atoms with E-state index in [9.17, 15) is 4.79 Å². The van der Waals surface area contributed by atoms with Crippen LogP contribution in [0.25, 0.3) is 0 Å². The van der Waals surface area contributed by atoms with Gasteiger partial charge in [0.2, 0.25) is 0 Å². The van der Waals surface area contributed by atoms with E-state index >= 15 is 0 Å². The van der Waals surface area contributed by atoms with E-state index in [4.69, 9.17) is 21.4 Å². The first kappa shape index (κ1) is 12.1. The van der Waals surface area contributed by atoms with E-state index < -0.39 is 11.3 Å². The Morgan fingerprint density at radius 3 is 2.79 bits per heavy atom. The van der Waals surface area contributed by atoms with Crippen molar-refractivity contribution in [3.8, 4) is 5.75 Å². The van der Waals surface area contributed by atoms with Crippen molar-refractivity contribution in [1.82, 2.24) is 0 Å². The van der Waals surface area contributed by atoms with Crippen LogP contribution in [0.2, 0.25) is 0 Å². The molecule has 0 spiro atoms. The fraction of sp³-hybridized carbons (Fsp3) is 0.133. The van der Waals surface area contributed by atoms with Crippen LogP contribution in [-0.4, -0.2) is 11.1 Å². The summed E-state index contributed by atoms with van der Waals surface area (Å²) in [4.78, 5) is 11.0. The van der Waals surface area contributed by atoms with E-state index in [2.05, 4.69) is 0 Å². The predicted molar refractivity (Wildman–Crippen MR) is 71.9 cm³/mol. The number of hydrogen-bond donors (Lipinski definition) is 1. The Bertz CT molecular complexity index is 652. The van der Waals surface area contributed by atoms with Crippen LogP contribution in [0.3, 0.4) is 0 Å². The van der Waals surface area contributed by atoms with Gasteiger partial charge in [0.25, 0.3) is 0 Å². The number of carboxylic acids is 1. The number of benzene rings is 2. The van der Waals surface area contributed by atoms with Gasteiger partial charge in [0, 0.05) is 5.56 Å². The van der Waals surface area contributed by atoms with Crippen molar-refractivity contribution in [3.05, 3.63) is 64.7 Å². The van der Waals surface area contributed by atoms with Gasteiger partial charge in [-0.15, -0.1) is 11.6 Å². The van der Waals surface area contributed by atoms with E-state index in [1.165, 1.54) is 6.07 Å². The Kier molecular flexibility index (Phi) is 2.91. The first-order chi connectivity index (χ1) is 9.16. The molecule has 1 unspecified atom stereocenters. The summed E-state index contributed by atoms with van der Waals surface area (Å²) in [5.74, 6) is -0.328. The number of rotatable bonds is 1. The number of hydrogen-bond acceptors (Lipinski definition) is 2. The van der Waals surface area contributed by atoms with Gasteiger partial charge < -0.3 is 9.84 Å². The normalized spacial score (nSPS) is 16.8. The zero-order valence-corrected chi connectivity index (χ0v) is 10.7. The summed E-state index contributed by atoms with van der Waals surface area (Å²) in [6.45, 7) is 0.443. The molecule has 2 aromatic rings. The third-order valence-corrected chi connectivity index (χ3v) is 3.71. The molecule has 1 aliphatic rings. The Hall–Kier alpha value is -2.00. The molecule has 19 heavy (non-hydrogen) atoms. The van der Waals surface area contributed by atoms with E-state index in [1.54, 1.807) is 12.1 Å². The molecule has 2 aromatic carbocycles. The highest BCUT2D eigenvalue weighted by Gasteiger charge is 2.23. The Balaban J connectivity index is 2.15. The average Bonchev–Trinajstić information content (AvgIpc) is 2.57. The lowest BCUT2D eigenvalue weighted by Gasteiger charge is -2.12. The largest absolute Gasteiger partial charge is 0.489 e. The van der Waals surface area contributed by atoms with E-state index in [0.717, 1.165) is 11.1 Å². The highest BCUT2D eigenvalue weighted by atomic mass is 35.5. The minimum absolute atomic E-state index is 0.215. The highest BCUT2D eigenvalue weighted by Crippen LogP contribution is 2.40. The Morgan fingerprint density at radius 1 is 1.21 bits per heavy atom. The molecule has 1 aliphatic heterocycles. The summed E-state index contributed by atoms with van der Waals surface area (Å²) in [5.41, 5.74) is 2.90. The van der Waals surface area contributed by atoms with Crippen LogP contribution < -0.4 is 4.74 Å². The number of fused-ring (bicyclic) bond motifs is 2. The molecule has 0 aromatic heterocycles. The van der Waals surface area contributed by atoms with Gasteiger partial charge in [0.15, 0.2) is 0 Å². The molecule has 0 saturated heterocycles. The number of carbonyl (C=O) groups is 1. The molecule has 3 rings (SSSR count). The van der Waals surface area contributed by atoms with Gasteiger partial charge in [-0.25, -0.2) is 4.79 Å². The second-order valence-corrected chi connectivity index (χ2v) is 4.84. The van der Waals surface area contributed by atoms with Crippen molar-refractivity contribution < 1.29 is 14.6 Å². The van der Waals surface area contributed by atoms with Crippen LogP contribution in [0.15, 0.2) is 42.5 Å². The number of halogens is 1. The summed E-state index contributed by atoms with van der Waals surface area (Å²) in [5, 5.41) is 8.66. The van der Waals surface area contributed by atoms with Gasteiger partial charge in [-0.3, -0.25) is 0 Å². The van der Waals surface area contributed by atoms with Crippen LogP contribution in [0.4, 0.5) is 0 Å². The molecule has 0 radical (unpaired) electrons. The summed E-state index contributed by atoms with van der Waals surface area (Å²) >= 11 is 6.49. The summed E-state index contributed by atoms with van der Waals surface area (Å²) in [6.07, 6.45) is 0. The zero-order chi connectivity index (χ0) is 13.4. The molecule has 0 saturated carbocycles. The first-order valence-corrected chi connectivity index (χ1v) is 6.32. The maximum absolute atomic E-state index is 11.0. The van der Waals surface area contributed by atoms with Crippen LogP contribution in [0, 0.1) is 0 Å². The van der Waals surface area contributed by atoms with Gasteiger partial charge in [-0.1, -0.05) is 24.3 Å². The Labute approximate surface area is 115 Å². The van der Waals surface area contributed by atoms with Gasteiger partial charge in [-0.05, 0) is 29.3 Å². The summed E-state index contributed by atoms with van der Waals surface area (Å²) in [6, 6.07) is 12.5. The van der Waals surface area contributed by atoms with E-state index in [0.29, 0.717) is 17.9 Å². The molecular formula is C15H11ClO3. The van der Waals surface area contributed by atoms with Crippen molar-refractivity contribution >= 4 is 17.6 Å². The topological polar surface area (TPSA) is 46.5 Å². The first-order valence-electron chi connectivity index (χ1n) is 5.89. The van der Waals surface area contributed by atoms with Crippen molar-refractivity contribution in [2.75, 3.05) is 0 Å². The smallest absolute Gasteiger partial charge is 0.335 e. The SMILES string of the molecule is O=C(O)c1ccc2c(c1)C(Cl)c1ccccc1CO2. The fourth-order valence-electron chi connectivity index (χ4n) is 2.25. The number of aromatic carboxylic acids is 1. The number of alkyl halides is 1.